The zero-order valence-electron chi connectivity index (χ0n) is 19.5. The van der Waals surface area contributed by atoms with Gasteiger partial charge in [0.1, 0.15) is 0 Å². The molecule has 36 heavy (non-hydrogen) atoms. The number of halogens is 3. The van der Waals surface area contributed by atoms with E-state index in [-0.39, 0.29) is 12.0 Å². The van der Waals surface area contributed by atoms with Gasteiger partial charge in [-0.15, -0.1) is 5.10 Å². The summed E-state index contributed by atoms with van der Waals surface area (Å²) in [6, 6.07) is 15.9. The molecular formula is C25H24F3N7O. The van der Waals surface area contributed by atoms with E-state index in [1.165, 1.54) is 18.3 Å². The van der Waals surface area contributed by atoms with Crippen LogP contribution in [0.5, 0.6) is 0 Å². The van der Waals surface area contributed by atoms with Crippen LogP contribution in [-0.4, -0.2) is 31.5 Å². The maximum absolute atomic E-state index is 12.8. The Labute approximate surface area is 205 Å². The van der Waals surface area contributed by atoms with E-state index in [4.69, 9.17) is 0 Å². The van der Waals surface area contributed by atoms with Crippen LogP contribution in [0.3, 0.4) is 0 Å². The van der Waals surface area contributed by atoms with Crippen molar-refractivity contribution in [1.82, 2.24) is 25.6 Å². The van der Waals surface area contributed by atoms with Gasteiger partial charge in [-0.25, -0.2) is 0 Å². The van der Waals surface area contributed by atoms with Gasteiger partial charge in [-0.3, -0.25) is 15.1 Å². The number of carbonyl (C=O) groups excluding carboxylic acids is 1. The Kier molecular flexibility index (Phi) is 7.28. The number of alkyl halides is 3. The highest BCUT2D eigenvalue weighted by Gasteiger charge is 2.30. The highest BCUT2D eigenvalue weighted by molar-refractivity contribution is 6.03. The van der Waals surface area contributed by atoms with Gasteiger partial charge in [0.2, 0.25) is 0 Å². The number of aromatic amines is 1. The van der Waals surface area contributed by atoms with Crippen molar-refractivity contribution in [3.8, 4) is 11.1 Å². The van der Waals surface area contributed by atoms with Crippen LogP contribution in [0, 0.1) is 5.92 Å². The largest absolute Gasteiger partial charge is 0.416 e. The molecule has 186 valence electrons. The molecule has 0 fully saturated rings. The van der Waals surface area contributed by atoms with Crippen molar-refractivity contribution in [2.24, 2.45) is 5.92 Å². The Hall–Kier alpha value is -4.28. The Morgan fingerprint density at radius 2 is 1.64 bits per heavy atom. The normalized spacial score (nSPS) is 12.4. The zero-order valence-corrected chi connectivity index (χ0v) is 19.5. The maximum atomic E-state index is 12.8. The van der Waals surface area contributed by atoms with Crippen LogP contribution < -0.4 is 10.6 Å². The van der Waals surface area contributed by atoms with E-state index in [2.05, 4.69) is 50.1 Å². The van der Waals surface area contributed by atoms with Gasteiger partial charge in [-0.2, -0.15) is 18.4 Å². The summed E-state index contributed by atoms with van der Waals surface area (Å²) in [4.78, 5) is 16.8. The van der Waals surface area contributed by atoms with Gasteiger partial charge in [-0.05, 0) is 65.1 Å². The van der Waals surface area contributed by atoms with E-state index in [1.54, 1.807) is 12.1 Å². The molecule has 1 amide bonds. The van der Waals surface area contributed by atoms with E-state index in [0.717, 1.165) is 35.5 Å². The van der Waals surface area contributed by atoms with Crippen molar-refractivity contribution in [3.05, 3.63) is 83.7 Å². The highest BCUT2D eigenvalue weighted by Crippen LogP contribution is 2.32. The topological polar surface area (TPSA) is 108 Å². The second kappa shape index (κ2) is 10.5. The zero-order chi connectivity index (χ0) is 25.7. The predicted molar refractivity (Wildman–Crippen MR) is 129 cm³/mol. The summed E-state index contributed by atoms with van der Waals surface area (Å²) in [5.74, 6) is 0.0442. The number of rotatable bonds is 8. The summed E-state index contributed by atoms with van der Waals surface area (Å²) < 4.78 is 38.5. The van der Waals surface area contributed by atoms with Crippen LogP contribution in [0.25, 0.3) is 11.1 Å². The van der Waals surface area contributed by atoms with Crippen LogP contribution in [0.2, 0.25) is 0 Å². The molecule has 11 heteroatoms. The number of aromatic nitrogens is 5. The molecule has 4 rings (SSSR count). The predicted octanol–water partition coefficient (Wildman–Crippen LogP) is 5.73. The number of benzene rings is 2. The van der Waals surface area contributed by atoms with Gasteiger partial charge in [-0.1, -0.05) is 43.2 Å². The maximum Gasteiger partial charge on any atom is 0.416 e. The molecule has 0 saturated carbocycles. The molecule has 8 nitrogen and oxygen atoms in total. The molecule has 1 atom stereocenters. The molecule has 0 spiro atoms. The van der Waals surface area contributed by atoms with E-state index in [9.17, 15) is 18.0 Å². The van der Waals surface area contributed by atoms with Crippen molar-refractivity contribution in [3.63, 3.8) is 0 Å². The molecule has 3 N–H and O–H groups in total. The molecule has 0 aliphatic rings. The fourth-order valence-corrected chi connectivity index (χ4v) is 3.67. The van der Waals surface area contributed by atoms with Crippen molar-refractivity contribution in [2.45, 2.75) is 32.5 Å². The minimum atomic E-state index is -4.36. The number of nitrogens with one attached hydrogen (secondary N) is 3. The third-order valence-electron chi connectivity index (χ3n) is 5.45. The van der Waals surface area contributed by atoms with Crippen LogP contribution in [0.15, 0.2) is 66.9 Å². The summed E-state index contributed by atoms with van der Waals surface area (Å²) in [5.41, 5.74) is 2.80. The summed E-state index contributed by atoms with van der Waals surface area (Å²) in [6.45, 7) is 4.21. The van der Waals surface area contributed by atoms with Crippen molar-refractivity contribution < 1.29 is 18.0 Å². The number of nitrogens with zero attached hydrogens (tertiary/aromatic N) is 4. The first-order valence-corrected chi connectivity index (χ1v) is 11.2. The van der Waals surface area contributed by atoms with Crippen molar-refractivity contribution >= 4 is 17.5 Å². The summed E-state index contributed by atoms with van der Waals surface area (Å²) in [5, 5.41) is 19.0. The monoisotopic (exact) mass is 495 g/mol. The molecule has 2 aromatic heterocycles. The van der Waals surface area contributed by atoms with E-state index >= 15 is 0 Å². The number of hydrogen-bond acceptors (Lipinski definition) is 6. The summed E-state index contributed by atoms with van der Waals surface area (Å²) in [6.07, 6.45) is -2.07. The lowest BCUT2D eigenvalue weighted by molar-refractivity contribution is -0.137. The molecule has 2 heterocycles. The smallest absolute Gasteiger partial charge is 0.377 e. The number of hydrogen-bond donors (Lipinski definition) is 3. The first-order valence-electron chi connectivity index (χ1n) is 11.2. The number of amides is 1. The minimum Gasteiger partial charge on any atom is -0.377 e. The Morgan fingerprint density at radius 3 is 2.17 bits per heavy atom. The lowest BCUT2D eigenvalue weighted by atomic mass is 9.99. The first-order chi connectivity index (χ1) is 17.2. The Morgan fingerprint density at radius 1 is 0.972 bits per heavy atom. The van der Waals surface area contributed by atoms with Crippen molar-refractivity contribution in [1.29, 1.82) is 0 Å². The van der Waals surface area contributed by atoms with E-state index in [0.29, 0.717) is 17.0 Å². The Balaban J connectivity index is 1.46. The molecular weight excluding hydrogens is 471 g/mol. The molecule has 0 aliphatic heterocycles. The van der Waals surface area contributed by atoms with Crippen LogP contribution in [0.4, 0.5) is 24.8 Å². The number of tetrazole rings is 1. The molecule has 1 unspecified atom stereocenters. The minimum absolute atomic E-state index is 0.0724. The van der Waals surface area contributed by atoms with E-state index < -0.39 is 17.6 Å². The molecule has 0 aliphatic carbocycles. The third kappa shape index (κ3) is 6.23. The van der Waals surface area contributed by atoms with Gasteiger partial charge < -0.3 is 5.32 Å². The number of carbonyl (C=O) groups is 1. The summed E-state index contributed by atoms with van der Waals surface area (Å²) in [7, 11) is 0. The van der Waals surface area contributed by atoms with Crippen LogP contribution in [0.1, 0.15) is 47.9 Å². The van der Waals surface area contributed by atoms with Gasteiger partial charge in [0.05, 0.1) is 22.9 Å². The van der Waals surface area contributed by atoms with Crippen LogP contribution >= 0.6 is 0 Å². The number of H-pyrrole nitrogens is 1. The standard InChI is InChI=1S/C25H24F3N7O/c1-15(2)13-22(21-12-7-18(14-29-21)23(36)31-24-32-34-35-33-24)30-20-10-5-17(6-11-20)16-3-8-19(9-4-16)25(26,27)28/h3-12,14-15,22,30H,13H2,1-2H3,(H2,31,32,33,34,35,36). The Bertz CT molecular complexity index is 1270. The average molecular weight is 496 g/mol. The average Bonchev–Trinajstić information content (AvgIpc) is 3.36. The molecule has 0 saturated heterocycles. The van der Waals surface area contributed by atoms with Gasteiger partial charge in [0.25, 0.3) is 11.9 Å². The lowest BCUT2D eigenvalue weighted by Gasteiger charge is -2.22. The van der Waals surface area contributed by atoms with Gasteiger partial charge >= 0.3 is 6.18 Å². The molecule has 0 bridgehead atoms. The van der Waals surface area contributed by atoms with Crippen LogP contribution in [-0.2, 0) is 6.18 Å². The van der Waals surface area contributed by atoms with Crippen molar-refractivity contribution in [2.75, 3.05) is 10.6 Å². The first kappa shape index (κ1) is 24.8. The SMILES string of the molecule is CC(C)CC(Nc1ccc(-c2ccc(C(F)(F)F)cc2)cc1)c1ccc(C(=O)Nc2nn[nH]n2)cn1. The van der Waals surface area contributed by atoms with Gasteiger partial charge in [0.15, 0.2) is 0 Å². The molecule has 4 aromatic rings. The quantitative estimate of drug-likeness (QED) is 0.288. The van der Waals surface area contributed by atoms with E-state index in [1.807, 2.05) is 24.3 Å². The molecule has 2 aromatic carbocycles. The second-order valence-corrected chi connectivity index (χ2v) is 8.64. The fraction of sp³-hybridized carbons (Fsp3) is 0.240. The molecule has 0 radical (unpaired) electrons. The highest BCUT2D eigenvalue weighted by atomic mass is 19.4. The number of pyridine rings is 1. The second-order valence-electron chi connectivity index (χ2n) is 8.64. The summed E-state index contributed by atoms with van der Waals surface area (Å²) >= 11 is 0. The van der Waals surface area contributed by atoms with Gasteiger partial charge in [0, 0.05) is 11.9 Å². The lowest BCUT2D eigenvalue weighted by Crippen LogP contribution is -2.17. The number of anilines is 2. The third-order valence-corrected chi connectivity index (χ3v) is 5.45. The fourth-order valence-electron chi connectivity index (χ4n) is 3.67.